The summed E-state index contributed by atoms with van der Waals surface area (Å²) in [6.07, 6.45) is -0.369. The molecule has 16 heavy (non-hydrogen) atoms. The number of aliphatic hydroxyl groups is 1. The average molecular weight is 226 g/mol. The molecular formula is C12H18O4. The maximum atomic E-state index is 9.28. The fraction of sp³-hybridized carbons (Fsp3) is 0.500. The van der Waals surface area contributed by atoms with Crippen LogP contribution in [0.15, 0.2) is 24.3 Å². The maximum Gasteiger partial charge on any atom is 0.124 e. The van der Waals surface area contributed by atoms with Gasteiger partial charge in [0.05, 0.1) is 26.9 Å². The van der Waals surface area contributed by atoms with E-state index in [1.165, 1.54) is 0 Å². The van der Waals surface area contributed by atoms with Gasteiger partial charge in [0.15, 0.2) is 0 Å². The highest BCUT2D eigenvalue weighted by Gasteiger charge is 2.14. The summed E-state index contributed by atoms with van der Waals surface area (Å²) >= 11 is 0. The van der Waals surface area contributed by atoms with Crippen LogP contribution in [0.5, 0.6) is 5.75 Å². The molecule has 0 saturated heterocycles. The average Bonchev–Trinajstić information content (AvgIpc) is 2.35. The maximum absolute atomic E-state index is 9.28. The highest BCUT2D eigenvalue weighted by Crippen LogP contribution is 2.26. The Morgan fingerprint density at radius 2 is 1.94 bits per heavy atom. The van der Waals surface area contributed by atoms with Crippen molar-refractivity contribution in [3.63, 3.8) is 0 Å². The molecule has 1 N–H and O–H groups in total. The Kier molecular flexibility index (Phi) is 5.85. The molecule has 1 aromatic rings. The normalized spacial score (nSPS) is 12.4. The highest BCUT2D eigenvalue weighted by molar-refractivity contribution is 5.35. The lowest BCUT2D eigenvalue weighted by atomic mass is 10.1. The molecule has 0 bridgehead atoms. The molecule has 1 rings (SSSR count). The van der Waals surface area contributed by atoms with Crippen LogP contribution in [0.4, 0.5) is 0 Å². The minimum Gasteiger partial charge on any atom is -0.496 e. The second-order valence-electron chi connectivity index (χ2n) is 3.28. The Morgan fingerprint density at radius 3 is 2.56 bits per heavy atom. The van der Waals surface area contributed by atoms with Gasteiger partial charge in [-0.2, -0.15) is 0 Å². The third-order valence-corrected chi connectivity index (χ3v) is 2.26. The van der Waals surface area contributed by atoms with E-state index in [1.807, 2.05) is 24.3 Å². The van der Waals surface area contributed by atoms with E-state index >= 15 is 0 Å². The fourth-order valence-corrected chi connectivity index (χ4v) is 1.45. The Hall–Kier alpha value is -1.10. The quantitative estimate of drug-likeness (QED) is 0.714. The van der Waals surface area contributed by atoms with Crippen LogP contribution in [0.25, 0.3) is 0 Å². The van der Waals surface area contributed by atoms with Gasteiger partial charge in [0, 0.05) is 12.7 Å². The van der Waals surface area contributed by atoms with Gasteiger partial charge >= 0.3 is 0 Å². The zero-order valence-electron chi connectivity index (χ0n) is 9.68. The molecular weight excluding hydrogens is 208 g/mol. The third kappa shape index (κ3) is 3.48. The van der Waals surface area contributed by atoms with Crippen molar-refractivity contribution in [2.24, 2.45) is 0 Å². The molecule has 0 radical (unpaired) electrons. The Balaban J connectivity index is 2.69. The van der Waals surface area contributed by atoms with E-state index in [9.17, 15) is 5.11 Å². The number of rotatable bonds is 7. The predicted octanol–water partition coefficient (Wildman–Crippen LogP) is 1.39. The lowest BCUT2D eigenvalue weighted by molar-refractivity contribution is -0.0132. The topological polar surface area (TPSA) is 47.9 Å². The van der Waals surface area contributed by atoms with Crippen LogP contribution in [0.2, 0.25) is 0 Å². The lowest BCUT2D eigenvalue weighted by Crippen LogP contribution is -2.13. The van der Waals surface area contributed by atoms with Crippen molar-refractivity contribution in [1.29, 1.82) is 0 Å². The molecule has 4 nitrogen and oxygen atoms in total. The van der Waals surface area contributed by atoms with E-state index in [0.717, 1.165) is 11.3 Å². The first-order valence-corrected chi connectivity index (χ1v) is 5.17. The molecule has 0 aliphatic rings. The summed E-state index contributed by atoms with van der Waals surface area (Å²) < 4.78 is 15.6. The predicted molar refractivity (Wildman–Crippen MR) is 60.6 cm³/mol. The van der Waals surface area contributed by atoms with Gasteiger partial charge < -0.3 is 19.3 Å². The molecule has 90 valence electrons. The summed E-state index contributed by atoms with van der Waals surface area (Å²) in [6, 6.07) is 7.50. The Labute approximate surface area is 95.8 Å². The molecule has 1 atom stereocenters. The Morgan fingerprint density at radius 1 is 1.19 bits per heavy atom. The van der Waals surface area contributed by atoms with Crippen LogP contribution < -0.4 is 4.74 Å². The van der Waals surface area contributed by atoms with Crippen molar-refractivity contribution in [2.45, 2.75) is 6.10 Å². The van der Waals surface area contributed by atoms with E-state index in [0.29, 0.717) is 13.2 Å². The van der Waals surface area contributed by atoms with Gasteiger partial charge in [-0.1, -0.05) is 18.2 Å². The van der Waals surface area contributed by atoms with Crippen LogP contribution in [-0.2, 0) is 9.47 Å². The summed E-state index contributed by atoms with van der Waals surface area (Å²) in [4.78, 5) is 0. The van der Waals surface area contributed by atoms with Gasteiger partial charge in [0.25, 0.3) is 0 Å². The van der Waals surface area contributed by atoms with Crippen molar-refractivity contribution in [1.82, 2.24) is 0 Å². The highest BCUT2D eigenvalue weighted by atomic mass is 16.5. The smallest absolute Gasteiger partial charge is 0.124 e. The first kappa shape index (κ1) is 13.0. The molecule has 0 aliphatic carbocycles. The molecule has 1 aromatic carbocycles. The monoisotopic (exact) mass is 226 g/mol. The van der Waals surface area contributed by atoms with Gasteiger partial charge in [0.1, 0.15) is 11.9 Å². The van der Waals surface area contributed by atoms with Crippen molar-refractivity contribution in [2.75, 3.05) is 34.0 Å². The van der Waals surface area contributed by atoms with Crippen LogP contribution in [0, 0.1) is 0 Å². The standard InChI is InChI=1S/C12H18O4/c1-14-7-8-16-12(9-13)10-5-3-4-6-11(10)15-2/h3-6,12-13H,7-9H2,1-2H3/t12-/m0/s1. The summed E-state index contributed by atoms with van der Waals surface area (Å²) in [5.74, 6) is 0.721. The lowest BCUT2D eigenvalue weighted by Gasteiger charge is -2.18. The fourth-order valence-electron chi connectivity index (χ4n) is 1.45. The molecule has 0 fully saturated rings. The van der Waals surface area contributed by atoms with E-state index in [1.54, 1.807) is 14.2 Å². The second kappa shape index (κ2) is 7.22. The minimum absolute atomic E-state index is 0.0793. The van der Waals surface area contributed by atoms with E-state index < -0.39 is 0 Å². The number of benzene rings is 1. The zero-order chi connectivity index (χ0) is 11.8. The van der Waals surface area contributed by atoms with Crippen LogP contribution in [0.3, 0.4) is 0 Å². The molecule has 0 aromatic heterocycles. The first-order chi connectivity index (χ1) is 7.83. The van der Waals surface area contributed by atoms with Gasteiger partial charge in [-0.25, -0.2) is 0 Å². The third-order valence-electron chi connectivity index (χ3n) is 2.26. The van der Waals surface area contributed by atoms with Crippen molar-refractivity contribution in [3.05, 3.63) is 29.8 Å². The molecule has 0 saturated carbocycles. The van der Waals surface area contributed by atoms with Crippen molar-refractivity contribution < 1.29 is 19.3 Å². The van der Waals surface area contributed by atoms with Crippen LogP contribution in [0.1, 0.15) is 11.7 Å². The Bertz CT molecular complexity index is 301. The molecule has 0 amide bonds. The van der Waals surface area contributed by atoms with Crippen molar-refractivity contribution in [3.8, 4) is 5.75 Å². The van der Waals surface area contributed by atoms with E-state index in [-0.39, 0.29) is 12.7 Å². The number of aliphatic hydroxyl groups excluding tert-OH is 1. The molecule has 0 aliphatic heterocycles. The van der Waals surface area contributed by atoms with E-state index in [4.69, 9.17) is 14.2 Å². The molecule has 0 unspecified atom stereocenters. The van der Waals surface area contributed by atoms with Gasteiger partial charge in [-0.05, 0) is 6.07 Å². The van der Waals surface area contributed by atoms with Crippen molar-refractivity contribution >= 4 is 0 Å². The second-order valence-corrected chi connectivity index (χ2v) is 3.28. The molecule has 4 heteroatoms. The van der Waals surface area contributed by atoms with Gasteiger partial charge in [-0.3, -0.25) is 0 Å². The number of para-hydroxylation sites is 1. The summed E-state index contributed by atoms with van der Waals surface area (Å²) in [6.45, 7) is 0.871. The molecule has 0 spiro atoms. The number of methoxy groups -OCH3 is 2. The zero-order valence-corrected chi connectivity index (χ0v) is 9.68. The molecule has 0 heterocycles. The SMILES string of the molecule is COCCO[C@@H](CO)c1ccccc1OC. The van der Waals surface area contributed by atoms with Crippen LogP contribution >= 0.6 is 0 Å². The van der Waals surface area contributed by atoms with E-state index in [2.05, 4.69) is 0 Å². The summed E-state index contributed by atoms with van der Waals surface area (Å²) in [5.41, 5.74) is 0.851. The van der Waals surface area contributed by atoms with Gasteiger partial charge in [-0.15, -0.1) is 0 Å². The van der Waals surface area contributed by atoms with Crippen LogP contribution in [-0.4, -0.2) is 39.1 Å². The number of hydrogen-bond donors (Lipinski definition) is 1. The summed E-state index contributed by atoms with van der Waals surface area (Å²) in [7, 11) is 3.21. The largest absolute Gasteiger partial charge is 0.496 e. The number of ether oxygens (including phenoxy) is 3. The minimum atomic E-state index is -0.369. The number of hydrogen-bond acceptors (Lipinski definition) is 4. The van der Waals surface area contributed by atoms with Gasteiger partial charge in [0.2, 0.25) is 0 Å². The first-order valence-electron chi connectivity index (χ1n) is 5.17. The summed E-state index contributed by atoms with van der Waals surface area (Å²) in [5, 5.41) is 9.28.